The molecule has 0 spiro atoms. The van der Waals surface area contributed by atoms with E-state index in [9.17, 15) is 4.79 Å². The molecule has 0 saturated heterocycles. The topological polar surface area (TPSA) is 70.7 Å². The van der Waals surface area contributed by atoms with Crippen LogP contribution in [-0.2, 0) is 4.79 Å². The Morgan fingerprint density at radius 3 is 2.78 bits per heavy atom. The predicted octanol–water partition coefficient (Wildman–Crippen LogP) is 2.33. The Bertz CT molecular complexity index is 481. The molecule has 5 heteroatoms. The number of benzene rings is 1. The number of H-pyrrole nitrogens is 1. The fraction of sp³-hybridized carbons (Fsp3) is 0.308. The highest BCUT2D eigenvalue weighted by Gasteiger charge is 2.20. The first kappa shape index (κ1) is 12.3. The van der Waals surface area contributed by atoms with E-state index in [4.69, 9.17) is 0 Å². The molecule has 94 valence electrons. The van der Waals surface area contributed by atoms with E-state index in [1.807, 2.05) is 30.3 Å². The maximum atomic E-state index is 12.2. The van der Waals surface area contributed by atoms with Crippen molar-refractivity contribution < 1.29 is 4.79 Å². The lowest BCUT2D eigenvalue weighted by Gasteiger charge is -2.15. The highest BCUT2D eigenvalue weighted by Crippen LogP contribution is 2.22. The van der Waals surface area contributed by atoms with Crippen molar-refractivity contribution in [3.63, 3.8) is 0 Å². The van der Waals surface area contributed by atoms with Gasteiger partial charge in [-0.15, -0.1) is 0 Å². The number of carbonyl (C=O) groups excluding carboxylic acids is 1. The second-order valence-electron chi connectivity index (χ2n) is 4.08. The van der Waals surface area contributed by atoms with Gasteiger partial charge in [0, 0.05) is 0 Å². The normalized spacial score (nSPS) is 12.1. The summed E-state index contributed by atoms with van der Waals surface area (Å²) in [5, 5.41) is 9.06. The average molecular weight is 244 g/mol. The Kier molecular flexibility index (Phi) is 4.06. The van der Waals surface area contributed by atoms with Gasteiger partial charge in [-0.3, -0.25) is 10.1 Å². The Hall–Kier alpha value is -2.17. The summed E-state index contributed by atoms with van der Waals surface area (Å²) in [7, 11) is 0. The summed E-state index contributed by atoms with van der Waals surface area (Å²) in [5.41, 5.74) is 1.02. The van der Waals surface area contributed by atoms with E-state index in [-0.39, 0.29) is 11.8 Å². The molecule has 0 radical (unpaired) electrons. The van der Waals surface area contributed by atoms with Crippen LogP contribution in [0.25, 0.3) is 0 Å². The molecule has 1 aromatic carbocycles. The first-order valence-corrected chi connectivity index (χ1v) is 6.02. The van der Waals surface area contributed by atoms with E-state index in [0.717, 1.165) is 18.4 Å². The Balaban J connectivity index is 2.12. The molecule has 1 aromatic heterocycles. The number of aromatic nitrogens is 3. The lowest BCUT2D eigenvalue weighted by Crippen LogP contribution is -2.21. The molecule has 2 N–H and O–H groups in total. The fourth-order valence-corrected chi connectivity index (χ4v) is 1.89. The fourth-order valence-electron chi connectivity index (χ4n) is 1.89. The van der Waals surface area contributed by atoms with Gasteiger partial charge in [-0.25, -0.2) is 5.10 Å². The zero-order valence-corrected chi connectivity index (χ0v) is 10.3. The van der Waals surface area contributed by atoms with Crippen LogP contribution in [0.5, 0.6) is 0 Å². The molecule has 1 atom stereocenters. The van der Waals surface area contributed by atoms with Crippen LogP contribution >= 0.6 is 0 Å². The van der Waals surface area contributed by atoms with Crippen LogP contribution in [0.4, 0.5) is 5.95 Å². The van der Waals surface area contributed by atoms with Crippen LogP contribution in [-0.4, -0.2) is 21.1 Å². The van der Waals surface area contributed by atoms with E-state index in [2.05, 4.69) is 27.4 Å². The van der Waals surface area contributed by atoms with E-state index in [1.165, 1.54) is 6.33 Å². The number of aromatic amines is 1. The molecule has 0 saturated carbocycles. The summed E-state index contributed by atoms with van der Waals surface area (Å²) in [5.74, 6) is 0.179. The number of carbonyl (C=O) groups is 1. The van der Waals surface area contributed by atoms with Crippen molar-refractivity contribution >= 4 is 11.9 Å². The number of nitrogens with zero attached hydrogens (tertiary/aromatic N) is 2. The van der Waals surface area contributed by atoms with Crippen LogP contribution in [0.2, 0.25) is 0 Å². The van der Waals surface area contributed by atoms with Crippen molar-refractivity contribution in [2.24, 2.45) is 0 Å². The molecule has 1 amide bonds. The third-order valence-corrected chi connectivity index (χ3v) is 2.75. The lowest BCUT2D eigenvalue weighted by molar-refractivity contribution is -0.117. The minimum Gasteiger partial charge on any atom is -0.294 e. The number of amides is 1. The minimum absolute atomic E-state index is 0.0557. The van der Waals surface area contributed by atoms with Gasteiger partial charge < -0.3 is 0 Å². The summed E-state index contributed by atoms with van der Waals surface area (Å²) in [6.07, 6.45) is 3.13. The number of nitrogens with one attached hydrogen (secondary N) is 2. The number of rotatable bonds is 5. The molecule has 0 aliphatic heterocycles. The van der Waals surface area contributed by atoms with Crippen LogP contribution in [0, 0.1) is 0 Å². The molecule has 0 fully saturated rings. The van der Waals surface area contributed by atoms with Crippen LogP contribution in [0.1, 0.15) is 31.2 Å². The maximum absolute atomic E-state index is 12.2. The summed E-state index contributed by atoms with van der Waals surface area (Å²) < 4.78 is 0. The van der Waals surface area contributed by atoms with Gasteiger partial charge in [0.2, 0.25) is 11.9 Å². The summed E-state index contributed by atoms with van der Waals surface area (Å²) in [6, 6.07) is 9.78. The molecular formula is C13H16N4O. The monoisotopic (exact) mass is 244 g/mol. The van der Waals surface area contributed by atoms with Gasteiger partial charge in [-0.05, 0) is 12.0 Å². The highest BCUT2D eigenvalue weighted by molar-refractivity contribution is 5.94. The Morgan fingerprint density at radius 1 is 1.39 bits per heavy atom. The van der Waals surface area contributed by atoms with Gasteiger partial charge >= 0.3 is 0 Å². The van der Waals surface area contributed by atoms with Crippen molar-refractivity contribution in [2.45, 2.75) is 25.7 Å². The predicted molar refractivity (Wildman–Crippen MR) is 69.1 cm³/mol. The van der Waals surface area contributed by atoms with Crippen molar-refractivity contribution in [1.82, 2.24) is 15.2 Å². The second-order valence-corrected chi connectivity index (χ2v) is 4.08. The van der Waals surface area contributed by atoms with Crippen LogP contribution in [0.15, 0.2) is 36.7 Å². The van der Waals surface area contributed by atoms with Crippen molar-refractivity contribution in [3.8, 4) is 0 Å². The van der Waals surface area contributed by atoms with Crippen molar-refractivity contribution in [3.05, 3.63) is 42.2 Å². The Labute approximate surface area is 106 Å². The second kappa shape index (κ2) is 5.95. The number of anilines is 1. The molecule has 1 heterocycles. The zero-order valence-electron chi connectivity index (χ0n) is 10.3. The summed E-state index contributed by atoms with van der Waals surface area (Å²) in [6.45, 7) is 2.07. The molecule has 0 unspecified atom stereocenters. The smallest absolute Gasteiger partial charge is 0.234 e. The minimum atomic E-state index is -0.152. The molecule has 0 bridgehead atoms. The van der Waals surface area contributed by atoms with Gasteiger partial charge in [0.15, 0.2) is 0 Å². The van der Waals surface area contributed by atoms with E-state index >= 15 is 0 Å². The number of hydrogen-bond donors (Lipinski definition) is 2. The van der Waals surface area contributed by atoms with Crippen molar-refractivity contribution in [2.75, 3.05) is 5.32 Å². The van der Waals surface area contributed by atoms with Gasteiger partial charge in [0.1, 0.15) is 6.33 Å². The Morgan fingerprint density at radius 2 is 2.17 bits per heavy atom. The van der Waals surface area contributed by atoms with Gasteiger partial charge in [0.05, 0.1) is 5.92 Å². The van der Waals surface area contributed by atoms with E-state index in [0.29, 0.717) is 5.95 Å². The molecule has 0 aliphatic rings. The van der Waals surface area contributed by atoms with Gasteiger partial charge in [0.25, 0.3) is 0 Å². The van der Waals surface area contributed by atoms with E-state index in [1.54, 1.807) is 0 Å². The highest BCUT2D eigenvalue weighted by atomic mass is 16.2. The first-order chi connectivity index (χ1) is 8.81. The van der Waals surface area contributed by atoms with Gasteiger partial charge in [-0.2, -0.15) is 10.1 Å². The standard InChI is InChI=1S/C13H16N4O/c1-2-6-11(10-7-4-3-5-8-10)12(18)16-13-14-9-15-17-13/h3-5,7-9,11H,2,6H2,1H3,(H2,14,15,16,17,18)/t11-/m0/s1. The number of hydrogen-bond acceptors (Lipinski definition) is 3. The lowest BCUT2D eigenvalue weighted by atomic mass is 9.94. The first-order valence-electron chi connectivity index (χ1n) is 6.02. The molecule has 2 aromatic rings. The third kappa shape index (κ3) is 2.94. The van der Waals surface area contributed by atoms with Crippen LogP contribution in [0.3, 0.4) is 0 Å². The molecule has 2 rings (SSSR count). The van der Waals surface area contributed by atoms with E-state index < -0.39 is 0 Å². The maximum Gasteiger partial charge on any atom is 0.234 e. The molecule has 0 aliphatic carbocycles. The average Bonchev–Trinajstić information content (AvgIpc) is 2.89. The molecular weight excluding hydrogens is 228 g/mol. The molecule has 18 heavy (non-hydrogen) atoms. The largest absolute Gasteiger partial charge is 0.294 e. The van der Waals surface area contributed by atoms with Gasteiger partial charge in [-0.1, -0.05) is 43.7 Å². The third-order valence-electron chi connectivity index (χ3n) is 2.75. The van der Waals surface area contributed by atoms with Crippen LogP contribution < -0.4 is 5.32 Å². The quantitative estimate of drug-likeness (QED) is 0.848. The molecule has 5 nitrogen and oxygen atoms in total. The van der Waals surface area contributed by atoms with Crippen molar-refractivity contribution in [1.29, 1.82) is 0 Å². The summed E-state index contributed by atoms with van der Waals surface area (Å²) >= 11 is 0. The zero-order chi connectivity index (χ0) is 12.8. The SMILES string of the molecule is CCC[C@H](C(=O)Nc1ncn[nH]1)c1ccccc1. The summed E-state index contributed by atoms with van der Waals surface area (Å²) in [4.78, 5) is 16.1.